The van der Waals surface area contributed by atoms with Crippen molar-refractivity contribution in [3.63, 3.8) is 0 Å². The van der Waals surface area contributed by atoms with E-state index in [1.165, 1.54) is 0 Å². The van der Waals surface area contributed by atoms with E-state index >= 15 is 0 Å². The van der Waals surface area contributed by atoms with Crippen molar-refractivity contribution >= 4 is 27.5 Å². The number of hydrogen-bond acceptors (Lipinski definition) is 3. The van der Waals surface area contributed by atoms with E-state index in [1.54, 1.807) is 13.2 Å². The summed E-state index contributed by atoms with van der Waals surface area (Å²) >= 11 is 3.38. The molecule has 0 aromatic heterocycles. The van der Waals surface area contributed by atoms with Crippen LogP contribution in [0.1, 0.15) is 20.3 Å². The topological polar surface area (TPSA) is 64.3 Å². The summed E-state index contributed by atoms with van der Waals surface area (Å²) in [5.41, 5.74) is 6.37. The Labute approximate surface area is 122 Å². The van der Waals surface area contributed by atoms with E-state index in [0.717, 1.165) is 10.9 Å². The van der Waals surface area contributed by atoms with Crippen molar-refractivity contribution in [2.45, 2.75) is 20.3 Å². The molecule has 0 aliphatic heterocycles. The quantitative estimate of drug-likeness (QED) is 0.843. The third-order valence-corrected chi connectivity index (χ3v) is 3.24. The standard InChI is InChI=1S/C14H21BrN2O2/c1-9(2)4-10(8-16)14(18)17-12-5-11(15)6-13(7-12)19-3/h5-7,9-10H,4,8,16H2,1-3H3,(H,17,18). The Bertz CT molecular complexity index is 435. The Morgan fingerprint density at radius 1 is 1.42 bits per heavy atom. The highest BCUT2D eigenvalue weighted by molar-refractivity contribution is 9.10. The first kappa shape index (κ1) is 16.0. The van der Waals surface area contributed by atoms with E-state index in [4.69, 9.17) is 10.5 Å². The summed E-state index contributed by atoms with van der Waals surface area (Å²) < 4.78 is 6.02. The number of ether oxygens (including phenoxy) is 1. The Kier molecular flexibility index (Phi) is 6.31. The number of hydrogen-bond donors (Lipinski definition) is 2. The van der Waals surface area contributed by atoms with Gasteiger partial charge in [-0.05, 0) is 24.5 Å². The summed E-state index contributed by atoms with van der Waals surface area (Å²) in [4.78, 5) is 12.1. The maximum Gasteiger partial charge on any atom is 0.228 e. The van der Waals surface area contributed by atoms with Gasteiger partial charge >= 0.3 is 0 Å². The molecular formula is C14H21BrN2O2. The summed E-state index contributed by atoms with van der Waals surface area (Å²) in [6.07, 6.45) is 0.785. The largest absolute Gasteiger partial charge is 0.497 e. The van der Waals surface area contributed by atoms with Gasteiger partial charge in [0.2, 0.25) is 5.91 Å². The summed E-state index contributed by atoms with van der Waals surface area (Å²) in [5, 5.41) is 2.88. The van der Waals surface area contributed by atoms with Crippen LogP contribution in [0.4, 0.5) is 5.69 Å². The SMILES string of the molecule is COc1cc(Br)cc(NC(=O)C(CN)CC(C)C)c1. The van der Waals surface area contributed by atoms with Gasteiger partial charge in [-0.2, -0.15) is 0 Å². The molecule has 1 aromatic rings. The van der Waals surface area contributed by atoms with Crippen LogP contribution in [0, 0.1) is 11.8 Å². The van der Waals surface area contributed by atoms with E-state index < -0.39 is 0 Å². The highest BCUT2D eigenvalue weighted by Crippen LogP contribution is 2.25. The number of carbonyl (C=O) groups excluding carboxylic acids is 1. The molecule has 0 bridgehead atoms. The fourth-order valence-electron chi connectivity index (χ4n) is 1.88. The molecule has 0 saturated carbocycles. The maximum atomic E-state index is 12.1. The van der Waals surface area contributed by atoms with Crippen LogP contribution in [0.25, 0.3) is 0 Å². The summed E-state index contributed by atoms with van der Waals surface area (Å²) in [6, 6.07) is 5.46. The zero-order valence-corrected chi connectivity index (χ0v) is 13.2. The molecule has 0 radical (unpaired) electrons. The van der Waals surface area contributed by atoms with Gasteiger partial charge in [0.15, 0.2) is 0 Å². The molecule has 1 amide bonds. The lowest BCUT2D eigenvalue weighted by Crippen LogP contribution is -2.30. The van der Waals surface area contributed by atoms with Gasteiger partial charge in [0.1, 0.15) is 5.75 Å². The second kappa shape index (κ2) is 7.50. The van der Waals surface area contributed by atoms with E-state index in [-0.39, 0.29) is 11.8 Å². The van der Waals surface area contributed by atoms with E-state index in [1.807, 2.05) is 12.1 Å². The number of amides is 1. The first-order valence-corrected chi connectivity index (χ1v) is 7.11. The van der Waals surface area contributed by atoms with E-state index in [9.17, 15) is 4.79 Å². The zero-order chi connectivity index (χ0) is 14.4. The van der Waals surface area contributed by atoms with Crippen molar-refractivity contribution in [2.75, 3.05) is 19.0 Å². The summed E-state index contributed by atoms with van der Waals surface area (Å²) in [6.45, 7) is 4.52. The number of carbonyl (C=O) groups is 1. The first-order chi connectivity index (χ1) is 8.96. The van der Waals surface area contributed by atoms with Gasteiger partial charge in [0, 0.05) is 22.8 Å². The van der Waals surface area contributed by atoms with Crippen LogP contribution < -0.4 is 15.8 Å². The molecule has 0 aliphatic rings. The molecule has 0 fully saturated rings. The smallest absolute Gasteiger partial charge is 0.228 e. The Morgan fingerprint density at radius 2 is 2.11 bits per heavy atom. The van der Waals surface area contributed by atoms with Gasteiger partial charge in [-0.15, -0.1) is 0 Å². The second-order valence-electron chi connectivity index (χ2n) is 4.93. The van der Waals surface area contributed by atoms with Crippen molar-refractivity contribution in [1.82, 2.24) is 0 Å². The number of rotatable bonds is 6. The molecular weight excluding hydrogens is 308 g/mol. The van der Waals surface area contributed by atoms with E-state index in [0.29, 0.717) is 23.9 Å². The van der Waals surface area contributed by atoms with Crippen molar-refractivity contribution in [3.05, 3.63) is 22.7 Å². The van der Waals surface area contributed by atoms with Crippen LogP contribution >= 0.6 is 15.9 Å². The average Bonchev–Trinajstić information content (AvgIpc) is 2.34. The fraction of sp³-hybridized carbons (Fsp3) is 0.500. The number of halogens is 1. The second-order valence-corrected chi connectivity index (χ2v) is 5.85. The normalized spacial score (nSPS) is 12.3. The van der Waals surface area contributed by atoms with Gasteiger partial charge in [-0.1, -0.05) is 29.8 Å². The van der Waals surface area contributed by atoms with Gasteiger partial charge in [-0.3, -0.25) is 4.79 Å². The van der Waals surface area contributed by atoms with E-state index in [2.05, 4.69) is 35.1 Å². The van der Waals surface area contributed by atoms with Crippen LogP contribution in [0.2, 0.25) is 0 Å². The third kappa shape index (κ3) is 5.20. The molecule has 0 aliphatic carbocycles. The number of anilines is 1. The number of nitrogens with two attached hydrogens (primary N) is 1. The van der Waals surface area contributed by atoms with Crippen molar-refractivity contribution < 1.29 is 9.53 Å². The number of nitrogens with one attached hydrogen (secondary N) is 1. The average molecular weight is 329 g/mol. The molecule has 0 heterocycles. The minimum Gasteiger partial charge on any atom is -0.497 e. The molecule has 0 spiro atoms. The summed E-state index contributed by atoms with van der Waals surface area (Å²) in [7, 11) is 1.59. The minimum atomic E-state index is -0.162. The fourth-order valence-corrected chi connectivity index (χ4v) is 2.35. The predicted octanol–water partition coefficient (Wildman–Crippen LogP) is 3.02. The molecule has 19 heavy (non-hydrogen) atoms. The lowest BCUT2D eigenvalue weighted by molar-refractivity contribution is -0.120. The van der Waals surface area contributed by atoms with Crippen LogP contribution in [-0.4, -0.2) is 19.6 Å². The van der Waals surface area contributed by atoms with Crippen molar-refractivity contribution in [1.29, 1.82) is 0 Å². The number of benzene rings is 1. The molecule has 1 aromatic carbocycles. The van der Waals surface area contributed by atoms with Crippen LogP contribution in [-0.2, 0) is 4.79 Å². The van der Waals surface area contributed by atoms with Crippen LogP contribution in [0.5, 0.6) is 5.75 Å². The third-order valence-electron chi connectivity index (χ3n) is 2.79. The first-order valence-electron chi connectivity index (χ1n) is 6.31. The van der Waals surface area contributed by atoms with Crippen LogP contribution in [0.3, 0.4) is 0 Å². The van der Waals surface area contributed by atoms with Gasteiger partial charge in [0.05, 0.1) is 13.0 Å². The Balaban J connectivity index is 2.77. The highest BCUT2D eigenvalue weighted by Gasteiger charge is 2.18. The summed E-state index contributed by atoms with van der Waals surface area (Å²) in [5.74, 6) is 0.926. The lowest BCUT2D eigenvalue weighted by Gasteiger charge is -2.17. The molecule has 3 N–H and O–H groups in total. The van der Waals surface area contributed by atoms with Gasteiger partial charge in [-0.25, -0.2) is 0 Å². The Morgan fingerprint density at radius 3 is 2.63 bits per heavy atom. The van der Waals surface area contributed by atoms with Crippen LogP contribution in [0.15, 0.2) is 22.7 Å². The molecule has 1 rings (SSSR count). The maximum absolute atomic E-state index is 12.1. The molecule has 5 heteroatoms. The monoisotopic (exact) mass is 328 g/mol. The zero-order valence-electron chi connectivity index (χ0n) is 11.6. The highest BCUT2D eigenvalue weighted by atomic mass is 79.9. The molecule has 1 atom stereocenters. The molecule has 106 valence electrons. The number of methoxy groups -OCH3 is 1. The van der Waals surface area contributed by atoms with Crippen molar-refractivity contribution in [3.8, 4) is 5.75 Å². The van der Waals surface area contributed by atoms with Gasteiger partial charge < -0.3 is 15.8 Å². The Hall–Kier alpha value is -1.07. The molecule has 0 saturated heterocycles. The van der Waals surface area contributed by atoms with Gasteiger partial charge in [0.25, 0.3) is 0 Å². The molecule has 4 nitrogen and oxygen atoms in total. The predicted molar refractivity (Wildman–Crippen MR) is 81.3 cm³/mol. The lowest BCUT2D eigenvalue weighted by atomic mass is 9.96. The minimum absolute atomic E-state index is 0.0450. The van der Waals surface area contributed by atoms with Crippen molar-refractivity contribution in [2.24, 2.45) is 17.6 Å². The molecule has 1 unspecified atom stereocenters.